The molecule has 0 radical (unpaired) electrons. The summed E-state index contributed by atoms with van der Waals surface area (Å²) >= 11 is 11.5. The van der Waals surface area contributed by atoms with Gasteiger partial charge >= 0.3 is 0 Å². The molecule has 2 aromatic rings. The second kappa shape index (κ2) is 5.87. The molecule has 1 aromatic heterocycles. The Morgan fingerprint density at radius 1 is 1.29 bits per heavy atom. The van der Waals surface area contributed by atoms with Crippen molar-refractivity contribution in [2.45, 2.75) is 12.8 Å². The highest BCUT2D eigenvalue weighted by molar-refractivity contribution is 6.32. The largest absolute Gasteiger partial charge is 0.385 e. The van der Waals surface area contributed by atoms with Crippen LogP contribution in [0.2, 0.25) is 10.4 Å². The van der Waals surface area contributed by atoms with Crippen LogP contribution in [0.15, 0.2) is 24.3 Å². The summed E-state index contributed by atoms with van der Waals surface area (Å²) in [5.41, 5.74) is 2.66. The lowest BCUT2D eigenvalue weighted by molar-refractivity contribution is 0.102. The van der Waals surface area contributed by atoms with E-state index in [-0.39, 0.29) is 22.2 Å². The standard InChI is InChI=1S/C14H12Cl2N4O/c15-11-7-12(20-14(16)18-11)19-13(21)9-3-1-5-10-8(9)4-2-6-17-10/h1,3,5,7,17H,2,4,6H2,(H,18,19,20,21). The smallest absolute Gasteiger partial charge is 0.257 e. The topological polar surface area (TPSA) is 66.9 Å². The van der Waals surface area contributed by atoms with Crippen molar-refractivity contribution in [1.82, 2.24) is 9.97 Å². The van der Waals surface area contributed by atoms with Crippen molar-refractivity contribution >= 4 is 40.6 Å². The van der Waals surface area contributed by atoms with E-state index in [0.29, 0.717) is 5.56 Å². The second-order valence-electron chi connectivity index (χ2n) is 4.66. The van der Waals surface area contributed by atoms with E-state index >= 15 is 0 Å². The Bertz CT molecular complexity index is 685. The highest BCUT2D eigenvalue weighted by Gasteiger charge is 2.18. The van der Waals surface area contributed by atoms with E-state index in [2.05, 4.69) is 20.6 Å². The summed E-state index contributed by atoms with van der Waals surface area (Å²) < 4.78 is 0. The van der Waals surface area contributed by atoms with E-state index in [9.17, 15) is 4.79 Å². The fourth-order valence-corrected chi connectivity index (χ4v) is 2.77. The lowest BCUT2D eigenvalue weighted by Gasteiger charge is -2.20. The van der Waals surface area contributed by atoms with Gasteiger partial charge in [0.1, 0.15) is 11.0 Å². The molecule has 0 spiro atoms. The van der Waals surface area contributed by atoms with Crippen LogP contribution in [0.3, 0.4) is 0 Å². The van der Waals surface area contributed by atoms with E-state index in [1.165, 1.54) is 6.07 Å². The van der Waals surface area contributed by atoms with Crippen LogP contribution in [0.1, 0.15) is 22.3 Å². The van der Waals surface area contributed by atoms with Crippen molar-refractivity contribution in [3.8, 4) is 0 Å². The van der Waals surface area contributed by atoms with Gasteiger partial charge < -0.3 is 10.6 Å². The Morgan fingerprint density at radius 3 is 2.95 bits per heavy atom. The van der Waals surface area contributed by atoms with Crippen LogP contribution in [0, 0.1) is 0 Å². The Balaban J connectivity index is 1.89. The minimum absolute atomic E-state index is 0.00504. The Labute approximate surface area is 131 Å². The quantitative estimate of drug-likeness (QED) is 0.657. The van der Waals surface area contributed by atoms with E-state index in [0.717, 1.165) is 30.6 Å². The van der Waals surface area contributed by atoms with Crippen LogP contribution in [0.25, 0.3) is 0 Å². The summed E-state index contributed by atoms with van der Waals surface area (Å²) in [7, 11) is 0. The van der Waals surface area contributed by atoms with Gasteiger partial charge in [0.05, 0.1) is 0 Å². The zero-order valence-corrected chi connectivity index (χ0v) is 12.5. The van der Waals surface area contributed by atoms with E-state index in [4.69, 9.17) is 23.2 Å². The Morgan fingerprint density at radius 2 is 2.14 bits per heavy atom. The van der Waals surface area contributed by atoms with Gasteiger partial charge in [-0.25, -0.2) is 9.97 Å². The maximum absolute atomic E-state index is 12.4. The summed E-state index contributed by atoms with van der Waals surface area (Å²) in [4.78, 5) is 20.1. The highest BCUT2D eigenvalue weighted by atomic mass is 35.5. The number of nitrogens with zero attached hydrogens (tertiary/aromatic N) is 2. The van der Waals surface area contributed by atoms with Gasteiger partial charge in [0.2, 0.25) is 5.28 Å². The average molecular weight is 323 g/mol. The maximum atomic E-state index is 12.4. The molecule has 2 N–H and O–H groups in total. The normalized spacial score (nSPS) is 13.2. The number of anilines is 2. The van der Waals surface area contributed by atoms with Gasteiger partial charge in [-0.15, -0.1) is 0 Å². The molecule has 0 saturated heterocycles. The van der Waals surface area contributed by atoms with Crippen LogP contribution in [-0.2, 0) is 6.42 Å². The molecule has 21 heavy (non-hydrogen) atoms. The Kier molecular flexibility index (Phi) is 3.94. The van der Waals surface area contributed by atoms with Gasteiger partial charge in [-0.05, 0) is 42.1 Å². The van der Waals surface area contributed by atoms with Crippen LogP contribution < -0.4 is 10.6 Å². The minimum Gasteiger partial charge on any atom is -0.385 e. The molecule has 1 aliphatic heterocycles. The summed E-state index contributed by atoms with van der Waals surface area (Å²) in [6, 6.07) is 7.08. The third kappa shape index (κ3) is 3.09. The zero-order chi connectivity index (χ0) is 14.8. The summed E-state index contributed by atoms with van der Waals surface area (Å²) in [6.07, 6.45) is 1.87. The summed E-state index contributed by atoms with van der Waals surface area (Å²) in [5.74, 6) is 0.0488. The van der Waals surface area contributed by atoms with Gasteiger partial charge in [-0.2, -0.15) is 0 Å². The Hall–Kier alpha value is -1.85. The third-order valence-electron chi connectivity index (χ3n) is 3.25. The third-order valence-corrected chi connectivity index (χ3v) is 3.61. The molecule has 0 fully saturated rings. The molecule has 1 aliphatic rings. The number of amides is 1. The predicted octanol–water partition coefficient (Wildman–Crippen LogP) is 3.39. The first-order chi connectivity index (χ1) is 10.1. The number of hydrogen-bond acceptors (Lipinski definition) is 4. The van der Waals surface area contributed by atoms with Crippen molar-refractivity contribution in [2.24, 2.45) is 0 Å². The fourth-order valence-electron chi connectivity index (χ4n) is 2.36. The van der Waals surface area contributed by atoms with Gasteiger partial charge in [-0.1, -0.05) is 17.7 Å². The number of rotatable bonds is 2. The molecular weight excluding hydrogens is 311 g/mol. The predicted molar refractivity (Wildman–Crippen MR) is 83.3 cm³/mol. The summed E-state index contributed by atoms with van der Waals surface area (Å²) in [5, 5.41) is 6.17. The molecule has 0 atom stereocenters. The molecule has 3 rings (SSSR count). The maximum Gasteiger partial charge on any atom is 0.257 e. The zero-order valence-electron chi connectivity index (χ0n) is 11.0. The molecule has 0 aliphatic carbocycles. The molecule has 0 saturated carbocycles. The van der Waals surface area contributed by atoms with Crippen molar-refractivity contribution in [1.29, 1.82) is 0 Å². The molecule has 1 aromatic carbocycles. The number of nitrogens with one attached hydrogen (secondary N) is 2. The van der Waals surface area contributed by atoms with Crippen LogP contribution in [0.4, 0.5) is 11.5 Å². The monoisotopic (exact) mass is 322 g/mol. The highest BCUT2D eigenvalue weighted by Crippen LogP contribution is 2.26. The minimum atomic E-state index is -0.235. The van der Waals surface area contributed by atoms with Crippen molar-refractivity contribution in [3.05, 3.63) is 45.8 Å². The molecule has 108 valence electrons. The molecular formula is C14H12Cl2N4O. The van der Waals surface area contributed by atoms with E-state index < -0.39 is 0 Å². The van der Waals surface area contributed by atoms with Crippen molar-refractivity contribution in [2.75, 3.05) is 17.2 Å². The second-order valence-corrected chi connectivity index (χ2v) is 5.39. The van der Waals surface area contributed by atoms with E-state index in [1.807, 2.05) is 12.1 Å². The van der Waals surface area contributed by atoms with Crippen LogP contribution >= 0.6 is 23.2 Å². The molecule has 5 nitrogen and oxygen atoms in total. The van der Waals surface area contributed by atoms with Gasteiger partial charge in [0.25, 0.3) is 5.91 Å². The molecule has 0 bridgehead atoms. The fraction of sp³-hybridized carbons (Fsp3) is 0.214. The van der Waals surface area contributed by atoms with Gasteiger partial charge in [0, 0.05) is 23.9 Å². The molecule has 7 heteroatoms. The number of hydrogen-bond donors (Lipinski definition) is 2. The lowest BCUT2D eigenvalue weighted by Crippen LogP contribution is -2.19. The number of fused-ring (bicyclic) bond motifs is 1. The summed E-state index contributed by atoms with van der Waals surface area (Å²) in [6.45, 7) is 0.926. The number of halogens is 2. The van der Waals surface area contributed by atoms with E-state index in [1.54, 1.807) is 6.07 Å². The first kappa shape index (κ1) is 14.1. The first-order valence-electron chi connectivity index (χ1n) is 6.50. The van der Waals surface area contributed by atoms with Crippen LogP contribution in [0.5, 0.6) is 0 Å². The number of aromatic nitrogens is 2. The SMILES string of the molecule is O=C(Nc1cc(Cl)nc(Cl)n1)c1cccc2c1CCCN2. The first-order valence-corrected chi connectivity index (χ1v) is 7.26. The molecule has 0 unspecified atom stereocenters. The van der Waals surface area contributed by atoms with Crippen molar-refractivity contribution in [3.63, 3.8) is 0 Å². The van der Waals surface area contributed by atoms with Gasteiger partial charge in [0.15, 0.2) is 0 Å². The van der Waals surface area contributed by atoms with Gasteiger partial charge in [-0.3, -0.25) is 4.79 Å². The number of benzene rings is 1. The number of carbonyl (C=O) groups excluding carboxylic acids is 1. The van der Waals surface area contributed by atoms with Crippen LogP contribution in [-0.4, -0.2) is 22.4 Å². The molecule has 2 heterocycles. The number of carbonyl (C=O) groups is 1. The molecule has 1 amide bonds. The van der Waals surface area contributed by atoms with Crippen molar-refractivity contribution < 1.29 is 4.79 Å². The lowest BCUT2D eigenvalue weighted by atomic mass is 9.97. The average Bonchev–Trinajstić information content (AvgIpc) is 2.45.